The molecular formula is C17H16IN3O3S. The largest absolute Gasteiger partial charge is 0.322 e. The topological polar surface area (TPSA) is 87.6 Å². The second-order valence-corrected chi connectivity index (χ2v) is 8.45. The molecule has 0 saturated heterocycles. The highest BCUT2D eigenvalue weighted by Gasteiger charge is 2.18. The number of nitrogens with one attached hydrogen (secondary N) is 2. The van der Waals surface area contributed by atoms with E-state index in [4.69, 9.17) is 0 Å². The molecule has 0 unspecified atom stereocenters. The van der Waals surface area contributed by atoms with Crippen LogP contribution in [-0.4, -0.2) is 26.7 Å². The summed E-state index contributed by atoms with van der Waals surface area (Å²) in [6.07, 6.45) is 1.50. The number of sulfonamides is 1. The lowest BCUT2D eigenvalue weighted by Gasteiger charge is -2.09. The van der Waals surface area contributed by atoms with E-state index in [9.17, 15) is 13.2 Å². The Morgan fingerprint density at radius 1 is 1.12 bits per heavy atom. The first-order valence-electron chi connectivity index (χ1n) is 7.67. The average molecular weight is 469 g/mol. The number of anilines is 1. The fourth-order valence-corrected chi connectivity index (χ4v) is 4.02. The first-order valence-corrected chi connectivity index (χ1v) is 10.2. The van der Waals surface area contributed by atoms with E-state index in [1.807, 2.05) is 12.1 Å². The van der Waals surface area contributed by atoms with Crippen LogP contribution < -0.4 is 10.0 Å². The Kier molecular flexibility index (Phi) is 5.38. The number of nitrogens with zero attached hydrogens (tertiary/aromatic N) is 1. The van der Waals surface area contributed by atoms with E-state index >= 15 is 0 Å². The van der Waals surface area contributed by atoms with Crippen LogP contribution in [-0.2, 0) is 10.0 Å². The van der Waals surface area contributed by atoms with E-state index in [0.29, 0.717) is 30.1 Å². The van der Waals surface area contributed by atoms with Gasteiger partial charge >= 0.3 is 0 Å². The summed E-state index contributed by atoms with van der Waals surface area (Å²) in [6, 6.07) is 13.3. The molecule has 0 radical (unpaired) electrons. The number of carbonyl (C=O) groups excluding carboxylic acids is 1. The molecular weight excluding hydrogens is 453 g/mol. The number of hydrogen-bond acceptors (Lipinski definition) is 4. The summed E-state index contributed by atoms with van der Waals surface area (Å²) in [5.74, 6) is 0.253. The zero-order valence-electron chi connectivity index (χ0n) is 13.2. The molecule has 2 aromatic carbocycles. The molecule has 2 N–H and O–H groups in total. The first kappa shape index (κ1) is 17.9. The summed E-state index contributed by atoms with van der Waals surface area (Å²) >= 11 is 2.14. The minimum absolute atomic E-state index is 0.134. The third kappa shape index (κ3) is 4.57. The molecule has 1 heterocycles. The van der Waals surface area contributed by atoms with Crippen molar-refractivity contribution >= 4 is 50.0 Å². The van der Waals surface area contributed by atoms with Crippen LogP contribution in [0.15, 0.2) is 58.4 Å². The summed E-state index contributed by atoms with van der Waals surface area (Å²) < 4.78 is 28.1. The van der Waals surface area contributed by atoms with Gasteiger partial charge in [-0.1, -0.05) is 6.07 Å². The van der Waals surface area contributed by atoms with Gasteiger partial charge in [0.25, 0.3) is 15.9 Å². The van der Waals surface area contributed by atoms with Crippen molar-refractivity contribution in [1.82, 2.24) is 4.72 Å². The highest BCUT2D eigenvalue weighted by Crippen LogP contribution is 2.16. The van der Waals surface area contributed by atoms with Gasteiger partial charge in [-0.05, 0) is 71.5 Å². The Bertz CT molecular complexity index is 924. The number of hydrogen-bond donors (Lipinski definition) is 2. The summed E-state index contributed by atoms with van der Waals surface area (Å²) in [5.41, 5.74) is 1.07. The van der Waals surface area contributed by atoms with Gasteiger partial charge in [-0.2, -0.15) is 0 Å². The van der Waals surface area contributed by atoms with E-state index in [1.165, 1.54) is 12.1 Å². The molecule has 1 aliphatic heterocycles. The molecule has 8 heteroatoms. The molecule has 0 spiro atoms. The number of amidine groups is 1. The van der Waals surface area contributed by atoms with Crippen LogP contribution in [0.5, 0.6) is 0 Å². The summed E-state index contributed by atoms with van der Waals surface area (Å²) in [6.45, 7) is 0.654. The van der Waals surface area contributed by atoms with Crippen LogP contribution in [0.2, 0.25) is 0 Å². The molecule has 0 aliphatic carbocycles. The predicted octanol–water partition coefficient (Wildman–Crippen LogP) is 3.01. The smallest absolute Gasteiger partial charge is 0.262 e. The molecule has 2 aromatic rings. The molecule has 3 rings (SSSR count). The molecule has 0 fully saturated rings. The van der Waals surface area contributed by atoms with Gasteiger partial charge in [0, 0.05) is 27.8 Å². The number of carbonyl (C=O) groups is 1. The van der Waals surface area contributed by atoms with Gasteiger partial charge in [0.05, 0.1) is 4.90 Å². The Labute approximate surface area is 159 Å². The van der Waals surface area contributed by atoms with E-state index in [2.05, 4.69) is 37.6 Å². The highest BCUT2D eigenvalue weighted by atomic mass is 127. The lowest BCUT2D eigenvalue weighted by Crippen LogP contribution is -2.29. The Balaban J connectivity index is 1.70. The molecule has 25 heavy (non-hydrogen) atoms. The van der Waals surface area contributed by atoms with Gasteiger partial charge in [-0.3, -0.25) is 14.5 Å². The lowest BCUT2D eigenvalue weighted by molar-refractivity contribution is 0.102. The molecule has 6 nitrogen and oxygen atoms in total. The van der Waals surface area contributed by atoms with Crippen molar-refractivity contribution < 1.29 is 13.2 Å². The number of halogens is 1. The number of amides is 1. The van der Waals surface area contributed by atoms with Crippen molar-refractivity contribution in [2.75, 3.05) is 11.9 Å². The van der Waals surface area contributed by atoms with Crippen molar-refractivity contribution in [3.63, 3.8) is 0 Å². The second kappa shape index (κ2) is 7.52. The van der Waals surface area contributed by atoms with Crippen LogP contribution in [0, 0.1) is 3.57 Å². The van der Waals surface area contributed by atoms with Gasteiger partial charge < -0.3 is 5.32 Å². The SMILES string of the molecule is O=C(Nc1ccc(S(=O)(=O)NC2=NCCC2)cc1)c1cccc(I)c1. The van der Waals surface area contributed by atoms with E-state index in [0.717, 1.165) is 9.99 Å². The fraction of sp³-hybridized carbons (Fsp3) is 0.176. The maximum Gasteiger partial charge on any atom is 0.262 e. The van der Waals surface area contributed by atoms with Gasteiger partial charge in [0.1, 0.15) is 5.84 Å². The predicted molar refractivity (Wildman–Crippen MR) is 105 cm³/mol. The molecule has 1 amide bonds. The van der Waals surface area contributed by atoms with Crippen molar-refractivity contribution in [3.05, 3.63) is 57.7 Å². The lowest BCUT2D eigenvalue weighted by atomic mass is 10.2. The Morgan fingerprint density at radius 3 is 2.52 bits per heavy atom. The van der Waals surface area contributed by atoms with Gasteiger partial charge in [-0.25, -0.2) is 8.42 Å². The monoisotopic (exact) mass is 469 g/mol. The van der Waals surface area contributed by atoms with Crippen molar-refractivity contribution in [3.8, 4) is 0 Å². The van der Waals surface area contributed by atoms with E-state index < -0.39 is 10.0 Å². The van der Waals surface area contributed by atoms with Gasteiger partial charge in [0.15, 0.2) is 0 Å². The summed E-state index contributed by atoms with van der Waals surface area (Å²) in [5, 5.41) is 2.76. The van der Waals surface area contributed by atoms with E-state index in [-0.39, 0.29) is 10.8 Å². The number of rotatable bonds is 4. The molecule has 1 aliphatic rings. The first-order chi connectivity index (χ1) is 11.9. The zero-order chi connectivity index (χ0) is 17.9. The quantitative estimate of drug-likeness (QED) is 0.676. The van der Waals surface area contributed by atoms with Crippen molar-refractivity contribution in [1.29, 1.82) is 0 Å². The van der Waals surface area contributed by atoms with Crippen LogP contribution in [0.4, 0.5) is 5.69 Å². The minimum Gasteiger partial charge on any atom is -0.322 e. The molecule has 0 aromatic heterocycles. The minimum atomic E-state index is -3.64. The Hall–Kier alpha value is -1.94. The molecule has 0 saturated carbocycles. The van der Waals surface area contributed by atoms with Gasteiger partial charge in [-0.15, -0.1) is 0 Å². The average Bonchev–Trinajstić information content (AvgIpc) is 3.07. The third-order valence-electron chi connectivity index (χ3n) is 3.64. The normalized spacial score (nSPS) is 14.0. The molecule has 0 atom stereocenters. The summed E-state index contributed by atoms with van der Waals surface area (Å²) in [7, 11) is -3.64. The van der Waals surface area contributed by atoms with Gasteiger partial charge in [0.2, 0.25) is 0 Å². The van der Waals surface area contributed by atoms with Crippen molar-refractivity contribution in [2.24, 2.45) is 4.99 Å². The standard InChI is InChI=1S/C17H16IN3O3S/c18-13-4-1-3-12(11-13)17(22)20-14-6-8-15(9-7-14)25(23,24)21-16-5-2-10-19-16/h1,3-4,6-9,11H,2,5,10H2,(H,19,21)(H,20,22). The maximum absolute atomic E-state index is 12.3. The molecule has 0 bridgehead atoms. The van der Waals surface area contributed by atoms with Crippen LogP contribution in [0.3, 0.4) is 0 Å². The van der Waals surface area contributed by atoms with Crippen LogP contribution >= 0.6 is 22.6 Å². The fourth-order valence-electron chi connectivity index (χ4n) is 2.39. The third-order valence-corrected chi connectivity index (χ3v) is 5.70. The zero-order valence-corrected chi connectivity index (χ0v) is 16.2. The maximum atomic E-state index is 12.3. The highest BCUT2D eigenvalue weighted by molar-refractivity contribution is 14.1. The van der Waals surface area contributed by atoms with Crippen LogP contribution in [0.1, 0.15) is 23.2 Å². The molecule has 130 valence electrons. The Morgan fingerprint density at radius 2 is 1.88 bits per heavy atom. The number of aliphatic imine (C=N–C) groups is 1. The van der Waals surface area contributed by atoms with Crippen molar-refractivity contribution in [2.45, 2.75) is 17.7 Å². The number of benzene rings is 2. The second-order valence-electron chi connectivity index (χ2n) is 5.53. The summed E-state index contributed by atoms with van der Waals surface area (Å²) in [4.78, 5) is 16.5. The van der Waals surface area contributed by atoms with Crippen LogP contribution in [0.25, 0.3) is 0 Å². The van der Waals surface area contributed by atoms with E-state index in [1.54, 1.807) is 24.3 Å².